The lowest BCUT2D eigenvalue weighted by Gasteiger charge is -2.15. The van der Waals surface area contributed by atoms with E-state index in [1.807, 2.05) is 13.1 Å². The first kappa shape index (κ1) is 17.2. The molecular weight excluding hydrogens is 323 g/mol. The van der Waals surface area contributed by atoms with Gasteiger partial charge in [-0.3, -0.25) is 4.79 Å². The van der Waals surface area contributed by atoms with E-state index in [4.69, 9.17) is 4.52 Å². The van der Waals surface area contributed by atoms with Gasteiger partial charge in [0.05, 0.1) is 6.04 Å². The van der Waals surface area contributed by atoms with Gasteiger partial charge in [-0.1, -0.05) is 12.1 Å². The Hall–Kier alpha value is -2.67. The van der Waals surface area contributed by atoms with Crippen LogP contribution in [-0.4, -0.2) is 28.6 Å². The molecule has 2 aromatic heterocycles. The molecule has 0 aliphatic rings. The molecule has 0 unspecified atom stereocenters. The van der Waals surface area contributed by atoms with Gasteiger partial charge in [-0.25, -0.2) is 4.39 Å². The fourth-order valence-corrected chi connectivity index (χ4v) is 2.81. The summed E-state index contributed by atoms with van der Waals surface area (Å²) in [6.07, 6.45) is 3.27. The zero-order valence-electron chi connectivity index (χ0n) is 14.2. The summed E-state index contributed by atoms with van der Waals surface area (Å²) in [4.78, 5) is 15.4. The highest BCUT2D eigenvalue weighted by Crippen LogP contribution is 2.19. The van der Waals surface area contributed by atoms with Crippen LogP contribution in [0.25, 0.3) is 10.9 Å². The first-order valence-corrected chi connectivity index (χ1v) is 8.30. The molecule has 0 aliphatic heterocycles. The predicted molar refractivity (Wildman–Crippen MR) is 93.9 cm³/mol. The molecule has 3 rings (SSSR count). The average molecular weight is 344 g/mol. The molecule has 0 fully saturated rings. The zero-order chi connectivity index (χ0) is 17.8. The number of aryl methyl sites for hydroxylation is 1. The van der Waals surface area contributed by atoms with Crippen molar-refractivity contribution in [3.63, 3.8) is 0 Å². The summed E-state index contributed by atoms with van der Waals surface area (Å²) >= 11 is 0. The number of hydrogen-bond donors (Lipinski definition) is 3. The maximum Gasteiger partial charge on any atom is 0.242 e. The fraction of sp³-hybridized carbons (Fsp3) is 0.333. The van der Waals surface area contributed by atoms with Crippen molar-refractivity contribution in [2.24, 2.45) is 0 Å². The van der Waals surface area contributed by atoms with E-state index in [0.29, 0.717) is 24.5 Å². The second-order valence-electron chi connectivity index (χ2n) is 5.98. The molecule has 3 aromatic rings. The lowest BCUT2D eigenvalue weighted by atomic mass is 10.1. The molecule has 6 nitrogen and oxygen atoms in total. The van der Waals surface area contributed by atoms with Crippen molar-refractivity contribution in [3.8, 4) is 0 Å². The Bertz CT molecular complexity index is 871. The first-order chi connectivity index (χ1) is 12.1. The van der Waals surface area contributed by atoms with Gasteiger partial charge in [0.25, 0.3) is 0 Å². The molecule has 0 aliphatic carbocycles. The Morgan fingerprint density at radius 2 is 2.24 bits per heavy atom. The third kappa shape index (κ3) is 4.06. The Kier molecular flexibility index (Phi) is 5.14. The number of hydrogen-bond acceptors (Lipinski definition) is 4. The van der Waals surface area contributed by atoms with Gasteiger partial charge in [0.15, 0.2) is 5.82 Å². The monoisotopic (exact) mass is 344 g/mol. The Balaban J connectivity index is 1.56. The Labute approximate surface area is 144 Å². The van der Waals surface area contributed by atoms with Crippen LogP contribution in [0.2, 0.25) is 0 Å². The van der Waals surface area contributed by atoms with Crippen LogP contribution in [0.5, 0.6) is 0 Å². The number of nitrogens with one attached hydrogen (secondary N) is 3. The summed E-state index contributed by atoms with van der Waals surface area (Å²) in [6.45, 7) is 4.35. The highest BCUT2D eigenvalue weighted by Gasteiger charge is 2.17. The van der Waals surface area contributed by atoms with Crippen molar-refractivity contribution in [2.75, 3.05) is 11.9 Å². The minimum Gasteiger partial charge on any atom is -0.361 e. The minimum atomic E-state index is -0.320. The summed E-state index contributed by atoms with van der Waals surface area (Å²) in [5.74, 6) is 0.662. The van der Waals surface area contributed by atoms with E-state index in [2.05, 4.69) is 20.8 Å². The number of aromatic nitrogens is 2. The molecule has 1 atom stereocenters. The van der Waals surface area contributed by atoms with E-state index in [0.717, 1.165) is 22.9 Å². The first-order valence-electron chi connectivity index (χ1n) is 8.30. The predicted octanol–water partition coefficient (Wildman–Crippen LogP) is 3.15. The number of carbonyl (C=O) groups excluding carboxylic acids is 1. The van der Waals surface area contributed by atoms with Crippen molar-refractivity contribution < 1.29 is 13.7 Å². The standard InChI is InChI=1S/C18H21FN4O2/c1-3-15(18(24)22-17-8-11(2)25-23-17)20-7-6-12-10-21-16-9-13(19)4-5-14(12)16/h4-5,8-10,15,20-21H,3,6-7H2,1-2H3,(H,22,23,24)/t15-/m1/s1. The summed E-state index contributed by atoms with van der Waals surface area (Å²) in [5.41, 5.74) is 1.87. The minimum absolute atomic E-state index is 0.142. The van der Waals surface area contributed by atoms with Gasteiger partial charge in [0.1, 0.15) is 11.6 Å². The van der Waals surface area contributed by atoms with Gasteiger partial charge >= 0.3 is 0 Å². The number of nitrogens with zero attached hydrogens (tertiary/aromatic N) is 1. The number of H-pyrrole nitrogens is 1. The van der Waals surface area contributed by atoms with Crippen LogP contribution < -0.4 is 10.6 Å². The van der Waals surface area contributed by atoms with Gasteiger partial charge in [-0.05, 0) is 50.1 Å². The topological polar surface area (TPSA) is 83.0 Å². The van der Waals surface area contributed by atoms with Crippen LogP contribution >= 0.6 is 0 Å². The number of benzene rings is 1. The Morgan fingerprint density at radius 1 is 1.40 bits per heavy atom. The Morgan fingerprint density at radius 3 is 2.96 bits per heavy atom. The van der Waals surface area contributed by atoms with Crippen LogP contribution in [0.1, 0.15) is 24.7 Å². The van der Waals surface area contributed by atoms with E-state index in [1.54, 1.807) is 19.1 Å². The summed E-state index contributed by atoms with van der Waals surface area (Å²) in [7, 11) is 0. The zero-order valence-corrected chi connectivity index (χ0v) is 14.2. The van der Waals surface area contributed by atoms with Crippen LogP contribution in [0.3, 0.4) is 0 Å². The summed E-state index contributed by atoms with van der Waals surface area (Å²) in [5, 5.41) is 10.8. The third-order valence-electron chi connectivity index (χ3n) is 4.12. The molecule has 132 valence electrons. The summed E-state index contributed by atoms with van der Waals surface area (Å²) in [6, 6.07) is 6.06. The van der Waals surface area contributed by atoms with E-state index in [9.17, 15) is 9.18 Å². The molecule has 25 heavy (non-hydrogen) atoms. The number of rotatable bonds is 7. The average Bonchev–Trinajstić information content (AvgIpc) is 3.17. The molecule has 1 aromatic carbocycles. The van der Waals surface area contributed by atoms with Crippen molar-refractivity contribution in [1.29, 1.82) is 0 Å². The van der Waals surface area contributed by atoms with Crippen molar-refractivity contribution in [2.45, 2.75) is 32.7 Å². The quantitative estimate of drug-likeness (QED) is 0.615. The van der Waals surface area contributed by atoms with Crippen LogP contribution in [0.4, 0.5) is 10.2 Å². The normalized spacial score (nSPS) is 12.4. The third-order valence-corrected chi connectivity index (χ3v) is 4.12. The molecule has 1 amide bonds. The van der Waals surface area contributed by atoms with Gasteiger partial charge in [0.2, 0.25) is 5.91 Å². The number of aromatic amines is 1. The number of amides is 1. The molecule has 2 heterocycles. The molecule has 3 N–H and O–H groups in total. The van der Waals surface area contributed by atoms with Crippen molar-refractivity contribution in [3.05, 3.63) is 47.6 Å². The van der Waals surface area contributed by atoms with Crippen molar-refractivity contribution >= 4 is 22.6 Å². The molecule has 0 spiro atoms. The molecule has 0 saturated carbocycles. The molecule has 0 bridgehead atoms. The number of carbonyl (C=O) groups is 1. The number of fused-ring (bicyclic) bond motifs is 1. The molecule has 0 saturated heterocycles. The van der Waals surface area contributed by atoms with E-state index in [1.165, 1.54) is 12.1 Å². The van der Waals surface area contributed by atoms with E-state index >= 15 is 0 Å². The van der Waals surface area contributed by atoms with Crippen LogP contribution in [0.15, 0.2) is 35.0 Å². The second-order valence-corrected chi connectivity index (χ2v) is 5.98. The molecule has 7 heteroatoms. The number of halogens is 1. The van der Waals surface area contributed by atoms with Gasteiger partial charge in [0, 0.05) is 23.2 Å². The van der Waals surface area contributed by atoms with Crippen LogP contribution in [0, 0.1) is 12.7 Å². The SMILES string of the molecule is CC[C@@H](NCCc1c[nH]c2cc(F)ccc12)C(=O)Nc1cc(C)on1. The van der Waals surface area contributed by atoms with Gasteiger partial charge < -0.3 is 20.1 Å². The van der Waals surface area contributed by atoms with E-state index < -0.39 is 0 Å². The second kappa shape index (κ2) is 7.48. The number of anilines is 1. The van der Waals surface area contributed by atoms with Crippen molar-refractivity contribution in [1.82, 2.24) is 15.5 Å². The largest absolute Gasteiger partial charge is 0.361 e. The van der Waals surface area contributed by atoms with Gasteiger partial charge in [-0.2, -0.15) is 0 Å². The van der Waals surface area contributed by atoms with E-state index in [-0.39, 0.29) is 17.8 Å². The maximum atomic E-state index is 13.2. The van der Waals surface area contributed by atoms with Gasteiger partial charge in [-0.15, -0.1) is 0 Å². The summed E-state index contributed by atoms with van der Waals surface area (Å²) < 4.78 is 18.2. The highest BCUT2D eigenvalue weighted by atomic mass is 19.1. The highest BCUT2D eigenvalue weighted by molar-refractivity contribution is 5.94. The maximum absolute atomic E-state index is 13.2. The smallest absolute Gasteiger partial charge is 0.242 e. The lowest BCUT2D eigenvalue weighted by Crippen LogP contribution is -2.41. The molecule has 0 radical (unpaired) electrons. The fourth-order valence-electron chi connectivity index (χ4n) is 2.81. The van der Waals surface area contributed by atoms with Crippen LogP contribution in [-0.2, 0) is 11.2 Å². The lowest BCUT2D eigenvalue weighted by molar-refractivity contribution is -0.118. The molecular formula is C18H21FN4O2.